The van der Waals surface area contributed by atoms with E-state index in [1.54, 1.807) is 13.0 Å². The zero-order valence-electron chi connectivity index (χ0n) is 12.1. The maximum absolute atomic E-state index is 14.0. The van der Waals surface area contributed by atoms with Crippen molar-refractivity contribution in [3.05, 3.63) is 33.6 Å². The van der Waals surface area contributed by atoms with E-state index in [0.29, 0.717) is 18.9 Å². The summed E-state index contributed by atoms with van der Waals surface area (Å²) in [6.07, 6.45) is 1.59. The first-order valence-corrected chi connectivity index (χ1v) is 7.18. The number of carbonyl (C=O) groups is 1. The zero-order valence-corrected chi connectivity index (χ0v) is 12.1. The molecule has 0 bridgehead atoms. The highest BCUT2D eigenvalue weighted by molar-refractivity contribution is 5.88. The number of nitrogens with zero attached hydrogens (tertiary/aromatic N) is 2. The van der Waals surface area contributed by atoms with Crippen LogP contribution >= 0.6 is 0 Å². The van der Waals surface area contributed by atoms with E-state index >= 15 is 0 Å². The molecule has 0 aliphatic carbocycles. The lowest BCUT2D eigenvalue weighted by atomic mass is 9.97. The summed E-state index contributed by atoms with van der Waals surface area (Å²) in [5.41, 5.74) is -0.471. The van der Waals surface area contributed by atoms with Gasteiger partial charge in [-0.25, -0.2) is 4.79 Å². The molecule has 0 saturated carbocycles. The van der Waals surface area contributed by atoms with Crippen molar-refractivity contribution in [3.63, 3.8) is 0 Å². The third kappa shape index (κ3) is 2.50. The van der Waals surface area contributed by atoms with Gasteiger partial charge in [-0.1, -0.05) is 0 Å². The summed E-state index contributed by atoms with van der Waals surface area (Å²) in [4.78, 5) is 26.3. The largest absolute Gasteiger partial charge is 0.461 e. The van der Waals surface area contributed by atoms with Crippen molar-refractivity contribution in [2.45, 2.75) is 25.7 Å². The van der Waals surface area contributed by atoms with E-state index in [1.165, 1.54) is 0 Å². The van der Waals surface area contributed by atoms with Crippen molar-refractivity contribution in [3.8, 4) is 0 Å². The number of hydrogen-bond acceptors (Lipinski definition) is 5. The van der Waals surface area contributed by atoms with Crippen LogP contribution in [-0.4, -0.2) is 40.4 Å². The minimum atomic E-state index is -1.19. The van der Waals surface area contributed by atoms with Gasteiger partial charge in [-0.05, 0) is 19.8 Å². The fraction of sp³-hybridized carbons (Fsp3) is 0.500. The van der Waals surface area contributed by atoms with Crippen molar-refractivity contribution in [2.75, 3.05) is 19.8 Å². The highest BCUT2D eigenvalue weighted by Crippen LogP contribution is 2.26. The number of H-pyrrole nitrogens is 1. The quantitative estimate of drug-likeness (QED) is 0.862. The van der Waals surface area contributed by atoms with Gasteiger partial charge in [0, 0.05) is 25.2 Å². The van der Waals surface area contributed by atoms with Gasteiger partial charge in [0.1, 0.15) is 5.65 Å². The normalized spacial score (nSPS) is 16.1. The van der Waals surface area contributed by atoms with Crippen LogP contribution in [0.5, 0.6) is 0 Å². The van der Waals surface area contributed by atoms with Gasteiger partial charge < -0.3 is 14.5 Å². The van der Waals surface area contributed by atoms with Crippen molar-refractivity contribution in [2.24, 2.45) is 0 Å². The fourth-order valence-electron chi connectivity index (χ4n) is 2.56. The maximum atomic E-state index is 14.0. The predicted octanol–water partition coefficient (Wildman–Crippen LogP) is 1.23. The molecule has 3 heterocycles. The Kier molecular flexibility index (Phi) is 3.93. The van der Waals surface area contributed by atoms with Crippen molar-refractivity contribution >= 4 is 11.6 Å². The van der Waals surface area contributed by atoms with E-state index in [1.807, 2.05) is 0 Å². The Labute approximate surface area is 125 Å². The van der Waals surface area contributed by atoms with Crippen LogP contribution in [0.3, 0.4) is 0 Å². The van der Waals surface area contributed by atoms with Crippen LogP contribution in [-0.2, 0) is 9.47 Å². The maximum Gasteiger partial charge on any atom is 0.358 e. The number of nitrogens with one attached hydrogen (secondary N) is 1. The lowest BCUT2D eigenvalue weighted by Crippen LogP contribution is -2.24. The molecule has 0 amide bonds. The Hall–Kier alpha value is -2.22. The summed E-state index contributed by atoms with van der Waals surface area (Å²) in [5, 5.41) is 4.17. The number of ether oxygens (including phenoxy) is 2. The number of hydrogen-bond donors (Lipinski definition) is 1. The number of esters is 1. The molecule has 2 aromatic heterocycles. The van der Waals surface area contributed by atoms with E-state index in [-0.39, 0.29) is 18.2 Å². The van der Waals surface area contributed by atoms with Gasteiger partial charge >= 0.3 is 11.5 Å². The molecule has 0 radical (unpaired) electrons. The third-order valence-electron chi connectivity index (χ3n) is 3.70. The zero-order chi connectivity index (χ0) is 15.7. The predicted molar refractivity (Wildman–Crippen MR) is 74.5 cm³/mol. The monoisotopic (exact) mass is 309 g/mol. The lowest BCUT2D eigenvalue weighted by molar-refractivity contribution is 0.0513. The molecule has 2 aromatic rings. The minimum Gasteiger partial charge on any atom is -0.461 e. The smallest absolute Gasteiger partial charge is 0.358 e. The number of fused-ring (bicyclic) bond motifs is 1. The average molecular weight is 309 g/mol. The van der Waals surface area contributed by atoms with Gasteiger partial charge in [0.25, 0.3) is 0 Å². The highest BCUT2D eigenvalue weighted by atomic mass is 19.1. The van der Waals surface area contributed by atoms with Crippen LogP contribution in [0.15, 0.2) is 10.9 Å². The molecule has 1 N–H and O–H groups in total. The van der Waals surface area contributed by atoms with E-state index in [9.17, 15) is 14.0 Å². The molecule has 0 atom stereocenters. The van der Waals surface area contributed by atoms with Gasteiger partial charge in [-0.15, -0.1) is 0 Å². The second-order valence-electron chi connectivity index (χ2n) is 5.09. The van der Waals surface area contributed by atoms with Gasteiger partial charge in [0.2, 0.25) is 5.82 Å². The summed E-state index contributed by atoms with van der Waals surface area (Å²) >= 11 is 0. The number of aromatic amines is 1. The van der Waals surface area contributed by atoms with E-state index < -0.39 is 23.0 Å². The number of halogens is 1. The molecular weight excluding hydrogens is 293 g/mol. The molecule has 1 aliphatic heterocycles. The molecule has 8 heteroatoms. The van der Waals surface area contributed by atoms with Crippen LogP contribution in [0.1, 0.15) is 41.9 Å². The molecule has 1 saturated heterocycles. The Morgan fingerprint density at radius 2 is 2.27 bits per heavy atom. The Morgan fingerprint density at radius 3 is 2.95 bits per heavy atom. The Morgan fingerprint density at radius 1 is 1.55 bits per heavy atom. The van der Waals surface area contributed by atoms with Crippen LogP contribution in [0, 0.1) is 5.82 Å². The first-order valence-electron chi connectivity index (χ1n) is 7.18. The first-order chi connectivity index (χ1) is 10.6. The van der Waals surface area contributed by atoms with Crippen molar-refractivity contribution < 1.29 is 18.7 Å². The molecule has 7 nitrogen and oxygen atoms in total. The standard InChI is InChI=1S/C14H16FN3O4/c1-2-22-14(20)12-11(15)13(19)18-10(16-12)7-9(17-18)8-3-5-21-6-4-8/h7-8,16H,2-6H2,1H3. The van der Waals surface area contributed by atoms with E-state index in [2.05, 4.69) is 10.1 Å². The van der Waals surface area contributed by atoms with Crippen LogP contribution in [0.4, 0.5) is 4.39 Å². The van der Waals surface area contributed by atoms with Gasteiger partial charge in [0.05, 0.1) is 12.3 Å². The minimum absolute atomic E-state index is 0.0953. The summed E-state index contributed by atoms with van der Waals surface area (Å²) < 4.78 is 25.0. The average Bonchev–Trinajstić information content (AvgIpc) is 2.96. The summed E-state index contributed by atoms with van der Waals surface area (Å²) in [6, 6.07) is 1.67. The highest BCUT2D eigenvalue weighted by Gasteiger charge is 2.23. The van der Waals surface area contributed by atoms with Crippen molar-refractivity contribution in [1.29, 1.82) is 0 Å². The van der Waals surface area contributed by atoms with Gasteiger partial charge in [-0.2, -0.15) is 14.0 Å². The fourth-order valence-corrected chi connectivity index (χ4v) is 2.56. The molecule has 0 spiro atoms. The van der Waals surface area contributed by atoms with Gasteiger partial charge in [-0.3, -0.25) is 4.79 Å². The lowest BCUT2D eigenvalue weighted by Gasteiger charge is -2.19. The van der Waals surface area contributed by atoms with Gasteiger partial charge in [0.15, 0.2) is 5.69 Å². The molecule has 0 unspecified atom stereocenters. The van der Waals surface area contributed by atoms with Crippen LogP contribution < -0.4 is 5.56 Å². The Bertz CT molecular complexity index is 761. The SMILES string of the molecule is CCOC(=O)c1[nH]c2cc(C3CCOCC3)nn2c(=O)c1F. The van der Waals surface area contributed by atoms with E-state index in [0.717, 1.165) is 17.4 Å². The number of rotatable bonds is 3. The summed E-state index contributed by atoms with van der Waals surface area (Å²) in [5.74, 6) is -1.92. The van der Waals surface area contributed by atoms with E-state index in [4.69, 9.17) is 9.47 Å². The molecule has 0 aromatic carbocycles. The summed E-state index contributed by atoms with van der Waals surface area (Å²) in [6.45, 7) is 2.97. The molecular formula is C14H16FN3O4. The third-order valence-corrected chi connectivity index (χ3v) is 3.70. The van der Waals surface area contributed by atoms with Crippen LogP contribution in [0.25, 0.3) is 5.65 Å². The summed E-state index contributed by atoms with van der Waals surface area (Å²) in [7, 11) is 0. The number of aromatic nitrogens is 3. The topological polar surface area (TPSA) is 85.7 Å². The molecule has 3 rings (SSSR count). The van der Waals surface area contributed by atoms with Crippen LogP contribution in [0.2, 0.25) is 0 Å². The first kappa shape index (κ1) is 14.7. The molecule has 1 aliphatic rings. The van der Waals surface area contributed by atoms with Crippen molar-refractivity contribution in [1.82, 2.24) is 14.6 Å². The second kappa shape index (κ2) is 5.88. The Balaban J connectivity index is 2.06. The second-order valence-corrected chi connectivity index (χ2v) is 5.09. The molecule has 118 valence electrons. The molecule has 1 fully saturated rings. The number of carbonyl (C=O) groups excluding carboxylic acids is 1. The molecule has 22 heavy (non-hydrogen) atoms.